The van der Waals surface area contributed by atoms with Crippen molar-refractivity contribution in [3.05, 3.63) is 23.5 Å². The van der Waals surface area contributed by atoms with E-state index in [9.17, 15) is 4.79 Å². The molecule has 94 valence electrons. The molecule has 0 aliphatic rings. The van der Waals surface area contributed by atoms with Gasteiger partial charge in [-0.1, -0.05) is 25.4 Å². The van der Waals surface area contributed by atoms with Gasteiger partial charge in [0.15, 0.2) is 6.61 Å². The predicted octanol–water partition coefficient (Wildman–Crippen LogP) is 2.28. The van der Waals surface area contributed by atoms with Crippen molar-refractivity contribution < 1.29 is 9.53 Å². The van der Waals surface area contributed by atoms with Gasteiger partial charge in [0.05, 0.1) is 6.20 Å². The highest BCUT2D eigenvalue weighted by molar-refractivity contribution is 6.29. The van der Waals surface area contributed by atoms with E-state index in [0.717, 1.165) is 6.42 Å². The molecule has 17 heavy (non-hydrogen) atoms. The lowest BCUT2D eigenvalue weighted by Crippen LogP contribution is -2.30. The van der Waals surface area contributed by atoms with Crippen molar-refractivity contribution >= 4 is 17.5 Å². The highest BCUT2D eigenvalue weighted by atomic mass is 35.5. The largest absolute Gasteiger partial charge is 0.482 e. The van der Waals surface area contributed by atoms with Crippen molar-refractivity contribution in [2.75, 3.05) is 13.2 Å². The van der Waals surface area contributed by atoms with E-state index in [1.807, 2.05) is 0 Å². The minimum Gasteiger partial charge on any atom is -0.482 e. The summed E-state index contributed by atoms with van der Waals surface area (Å²) in [6, 6.07) is 3.30. The number of pyridine rings is 1. The average Bonchev–Trinajstić information content (AvgIpc) is 2.28. The molecule has 1 N–H and O–H groups in total. The third-order valence-electron chi connectivity index (χ3n) is 2.11. The molecule has 0 aliphatic carbocycles. The molecule has 1 heterocycles. The molecule has 0 bridgehead atoms. The maximum atomic E-state index is 11.4. The number of hydrogen-bond donors (Lipinski definition) is 1. The van der Waals surface area contributed by atoms with Crippen LogP contribution in [0.25, 0.3) is 0 Å². The molecule has 4 nitrogen and oxygen atoms in total. The molecule has 0 fully saturated rings. The Balaban J connectivity index is 2.21. The number of aromatic nitrogens is 1. The first-order chi connectivity index (χ1) is 8.08. The lowest BCUT2D eigenvalue weighted by atomic mass is 10.1. The fourth-order valence-electron chi connectivity index (χ4n) is 1.15. The lowest BCUT2D eigenvalue weighted by Gasteiger charge is -2.08. The Labute approximate surface area is 106 Å². The maximum absolute atomic E-state index is 11.4. The number of ether oxygens (including phenoxy) is 1. The Kier molecular flexibility index (Phi) is 5.77. The number of nitrogens with one attached hydrogen (secondary N) is 1. The van der Waals surface area contributed by atoms with Gasteiger partial charge in [-0.15, -0.1) is 0 Å². The average molecular weight is 257 g/mol. The summed E-state index contributed by atoms with van der Waals surface area (Å²) in [5.74, 6) is 0.991. The van der Waals surface area contributed by atoms with Gasteiger partial charge in [-0.25, -0.2) is 4.98 Å². The molecule has 5 heteroatoms. The maximum Gasteiger partial charge on any atom is 0.257 e. The standard InChI is InChI=1S/C12H17ClN2O2/c1-9(2)5-6-14-12(16)8-17-10-3-4-11(13)15-7-10/h3-4,7,9H,5-6,8H2,1-2H3,(H,14,16). The third kappa shape index (κ3) is 6.12. The molecule has 0 aliphatic heterocycles. The van der Waals surface area contributed by atoms with Crippen molar-refractivity contribution in [3.8, 4) is 5.75 Å². The molecule has 0 aromatic carbocycles. The van der Waals surface area contributed by atoms with Crippen molar-refractivity contribution in [2.45, 2.75) is 20.3 Å². The number of rotatable bonds is 6. The number of carbonyl (C=O) groups is 1. The quantitative estimate of drug-likeness (QED) is 0.795. The Hall–Kier alpha value is -1.29. The van der Waals surface area contributed by atoms with Crippen LogP contribution in [-0.4, -0.2) is 24.0 Å². The van der Waals surface area contributed by atoms with Gasteiger partial charge in [-0.3, -0.25) is 4.79 Å². The van der Waals surface area contributed by atoms with Crippen LogP contribution in [0.2, 0.25) is 5.15 Å². The van der Waals surface area contributed by atoms with E-state index in [1.165, 1.54) is 6.20 Å². The minimum absolute atomic E-state index is 0.00140. The first-order valence-electron chi connectivity index (χ1n) is 5.59. The third-order valence-corrected chi connectivity index (χ3v) is 2.34. The molecule has 0 saturated heterocycles. The van der Waals surface area contributed by atoms with Crippen LogP contribution < -0.4 is 10.1 Å². The van der Waals surface area contributed by atoms with Crippen molar-refractivity contribution in [3.63, 3.8) is 0 Å². The summed E-state index contributed by atoms with van der Waals surface area (Å²) < 4.78 is 5.25. The van der Waals surface area contributed by atoms with E-state index >= 15 is 0 Å². The molecule has 0 spiro atoms. The minimum atomic E-state index is -0.124. The van der Waals surface area contributed by atoms with Crippen LogP contribution in [0.3, 0.4) is 0 Å². The summed E-state index contributed by atoms with van der Waals surface area (Å²) in [6.07, 6.45) is 2.46. The number of hydrogen-bond acceptors (Lipinski definition) is 3. The van der Waals surface area contributed by atoms with Crippen LogP contribution in [0.4, 0.5) is 0 Å². The van der Waals surface area contributed by atoms with Gasteiger partial charge < -0.3 is 10.1 Å². The van der Waals surface area contributed by atoms with Crippen molar-refractivity contribution in [2.24, 2.45) is 5.92 Å². The molecule has 0 unspecified atom stereocenters. The Morgan fingerprint density at radius 3 is 2.88 bits per heavy atom. The zero-order valence-corrected chi connectivity index (χ0v) is 10.8. The molecule has 1 amide bonds. The highest BCUT2D eigenvalue weighted by Crippen LogP contribution is 2.11. The lowest BCUT2D eigenvalue weighted by molar-refractivity contribution is -0.123. The molecule has 0 saturated carbocycles. The van der Waals surface area contributed by atoms with Crippen LogP contribution in [0.5, 0.6) is 5.75 Å². The topological polar surface area (TPSA) is 51.2 Å². The summed E-state index contributed by atoms with van der Waals surface area (Å²) in [6.45, 7) is 4.91. The van der Waals surface area contributed by atoms with E-state index in [4.69, 9.17) is 16.3 Å². The number of carbonyl (C=O) groups excluding carboxylic acids is 1. The zero-order valence-electron chi connectivity index (χ0n) is 10.1. The Morgan fingerprint density at radius 2 is 2.29 bits per heavy atom. The van der Waals surface area contributed by atoms with Crippen molar-refractivity contribution in [1.82, 2.24) is 10.3 Å². The first kappa shape index (κ1) is 13.8. The van der Waals surface area contributed by atoms with Gasteiger partial charge in [0, 0.05) is 6.54 Å². The van der Waals surface area contributed by atoms with Crippen LogP contribution in [0, 0.1) is 5.92 Å². The van der Waals surface area contributed by atoms with Crippen LogP contribution >= 0.6 is 11.6 Å². The van der Waals surface area contributed by atoms with Crippen LogP contribution in [-0.2, 0) is 4.79 Å². The molecule has 0 radical (unpaired) electrons. The molecular weight excluding hydrogens is 240 g/mol. The van der Waals surface area contributed by atoms with Crippen LogP contribution in [0.15, 0.2) is 18.3 Å². The molecule has 0 atom stereocenters. The van der Waals surface area contributed by atoms with E-state index in [1.54, 1.807) is 12.1 Å². The van der Waals surface area contributed by atoms with E-state index in [0.29, 0.717) is 23.4 Å². The second-order valence-corrected chi connectivity index (χ2v) is 4.53. The van der Waals surface area contributed by atoms with Crippen molar-refractivity contribution in [1.29, 1.82) is 0 Å². The van der Waals surface area contributed by atoms with Gasteiger partial charge in [-0.2, -0.15) is 0 Å². The summed E-state index contributed by atoms with van der Waals surface area (Å²) in [4.78, 5) is 15.2. The fourth-order valence-corrected chi connectivity index (χ4v) is 1.26. The van der Waals surface area contributed by atoms with E-state index in [-0.39, 0.29) is 12.5 Å². The van der Waals surface area contributed by atoms with Gasteiger partial charge in [0.1, 0.15) is 10.9 Å². The van der Waals surface area contributed by atoms with Crippen LogP contribution in [0.1, 0.15) is 20.3 Å². The van der Waals surface area contributed by atoms with Gasteiger partial charge >= 0.3 is 0 Å². The van der Waals surface area contributed by atoms with Gasteiger partial charge in [0.2, 0.25) is 0 Å². The molecule has 1 aromatic heterocycles. The summed E-state index contributed by atoms with van der Waals surface area (Å²) in [5, 5.41) is 3.19. The summed E-state index contributed by atoms with van der Waals surface area (Å²) >= 11 is 5.63. The summed E-state index contributed by atoms with van der Waals surface area (Å²) in [5.41, 5.74) is 0. The fraction of sp³-hybridized carbons (Fsp3) is 0.500. The monoisotopic (exact) mass is 256 g/mol. The Bertz CT molecular complexity index is 352. The number of nitrogens with zero attached hydrogens (tertiary/aromatic N) is 1. The molecule has 1 rings (SSSR count). The number of halogens is 1. The van der Waals surface area contributed by atoms with Gasteiger partial charge in [-0.05, 0) is 24.5 Å². The number of amides is 1. The molecule has 1 aromatic rings. The first-order valence-corrected chi connectivity index (χ1v) is 5.97. The zero-order chi connectivity index (χ0) is 12.7. The second kappa shape index (κ2) is 7.12. The van der Waals surface area contributed by atoms with E-state index in [2.05, 4.69) is 24.1 Å². The summed E-state index contributed by atoms with van der Waals surface area (Å²) in [7, 11) is 0. The predicted molar refractivity (Wildman–Crippen MR) is 67.2 cm³/mol. The Morgan fingerprint density at radius 1 is 1.53 bits per heavy atom. The SMILES string of the molecule is CC(C)CCNC(=O)COc1ccc(Cl)nc1. The smallest absolute Gasteiger partial charge is 0.257 e. The van der Waals surface area contributed by atoms with Gasteiger partial charge in [0.25, 0.3) is 5.91 Å². The molecular formula is C12H17ClN2O2. The second-order valence-electron chi connectivity index (χ2n) is 4.14. The highest BCUT2D eigenvalue weighted by Gasteiger charge is 2.03. The van der Waals surface area contributed by atoms with E-state index < -0.39 is 0 Å². The normalized spacial score (nSPS) is 10.4.